The lowest BCUT2D eigenvalue weighted by Gasteiger charge is -2.11. The molecule has 1 heterocycles. The first kappa shape index (κ1) is 11.1. The Balaban J connectivity index is 1.78. The van der Waals surface area contributed by atoms with Gasteiger partial charge in [0.25, 0.3) is 0 Å². The van der Waals surface area contributed by atoms with E-state index in [1.807, 2.05) is 48.5 Å². The first-order valence-electron chi connectivity index (χ1n) is 5.94. The maximum atomic E-state index is 10.2. The molecule has 0 aliphatic carbocycles. The maximum Gasteiger partial charge on any atom is 0.231 e. The molecule has 1 aliphatic rings. The Morgan fingerprint density at radius 1 is 1.00 bits per heavy atom. The van der Waals surface area contributed by atoms with Crippen LogP contribution in [0.1, 0.15) is 17.2 Å². The van der Waals surface area contributed by atoms with E-state index in [1.165, 1.54) is 0 Å². The molecule has 1 unspecified atom stereocenters. The van der Waals surface area contributed by atoms with Crippen LogP contribution in [0, 0.1) is 0 Å². The minimum absolute atomic E-state index is 0.258. The Labute approximate surface area is 106 Å². The molecule has 18 heavy (non-hydrogen) atoms. The second-order valence-electron chi connectivity index (χ2n) is 4.32. The summed E-state index contributed by atoms with van der Waals surface area (Å²) in [6.45, 7) is 0.258. The predicted octanol–water partition coefficient (Wildman–Crippen LogP) is 2.69. The molecule has 3 nitrogen and oxygen atoms in total. The van der Waals surface area contributed by atoms with Gasteiger partial charge in [-0.15, -0.1) is 0 Å². The van der Waals surface area contributed by atoms with Crippen LogP contribution in [0.15, 0.2) is 48.5 Å². The summed E-state index contributed by atoms with van der Waals surface area (Å²) in [5.74, 6) is 1.45. The molecule has 3 rings (SSSR count). The molecular formula is C15H14O3. The third-order valence-corrected chi connectivity index (χ3v) is 3.05. The van der Waals surface area contributed by atoms with Crippen LogP contribution in [0.3, 0.4) is 0 Å². The van der Waals surface area contributed by atoms with Gasteiger partial charge in [-0.2, -0.15) is 0 Å². The molecular weight excluding hydrogens is 228 g/mol. The fourth-order valence-corrected chi connectivity index (χ4v) is 2.08. The smallest absolute Gasteiger partial charge is 0.231 e. The normalized spacial score (nSPS) is 14.5. The zero-order valence-corrected chi connectivity index (χ0v) is 9.87. The molecule has 92 valence electrons. The molecule has 0 radical (unpaired) electrons. The van der Waals surface area contributed by atoms with E-state index in [9.17, 15) is 5.11 Å². The van der Waals surface area contributed by atoms with Crippen LogP contribution in [0.2, 0.25) is 0 Å². The van der Waals surface area contributed by atoms with Crippen molar-refractivity contribution in [2.24, 2.45) is 0 Å². The Morgan fingerprint density at radius 3 is 2.61 bits per heavy atom. The summed E-state index contributed by atoms with van der Waals surface area (Å²) in [5.41, 5.74) is 1.96. The predicted molar refractivity (Wildman–Crippen MR) is 67.7 cm³/mol. The lowest BCUT2D eigenvalue weighted by Crippen LogP contribution is -2.01. The van der Waals surface area contributed by atoms with E-state index >= 15 is 0 Å². The minimum atomic E-state index is -0.526. The largest absolute Gasteiger partial charge is 0.454 e. The van der Waals surface area contributed by atoms with Gasteiger partial charge in [-0.3, -0.25) is 0 Å². The molecule has 0 spiro atoms. The number of hydrogen-bond donors (Lipinski definition) is 1. The van der Waals surface area contributed by atoms with Gasteiger partial charge in [0.2, 0.25) is 6.79 Å². The van der Waals surface area contributed by atoms with Gasteiger partial charge in [-0.25, -0.2) is 0 Å². The first-order chi connectivity index (χ1) is 8.83. The standard InChI is InChI=1S/C15H14O3/c16-13(8-11-4-2-1-3-5-11)12-6-7-14-15(9-12)18-10-17-14/h1-7,9,13,16H,8,10H2. The van der Waals surface area contributed by atoms with Gasteiger partial charge in [0.1, 0.15) is 0 Å². The third-order valence-electron chi connectivity index (χ3n) is 3.05. The summed E-state index contributed by atoms with van der Waals surface area (Å²) in [7, 11) is 0. The first-order valence-corrected chi connectivity index (χ1v) is 5.94. The van der Waals surface area contributed by atoms with Crippen LogP contribution in [0.4, 0.5) is 0 Å². The van der Waals surface area contributed by atoms with Crippen molar-refractivity contribution in [1.82, 2.24) is 0 Å². The van der Waals surface area contributed by atoms with E-state index in [2.05, 4.69) is 0 Å². The van der Waals surface area contributed by atoms with Crippen molar-refractivity contribution in [3.8, 4) is 11.5 Å². The Bertz CT molecular complexity index is 537. The molecule has 2 aromatic rings. The number of aliphatic hydroxyl groups is 1. The molecule has 0 fully saturated rings. The van der Waals surface area contributed by atoms with Crippen molar-refractivity contribution < 1.29 is 14.6 Å². The van der Waals surface area contributed by atoms with E-state index in [4.69, 9.17) is 9.47 Å². The molecule has 3 heteroatoms. The lowest BCUT2D eigenvalue weighted by atomic mass is 10.0. The fourth-order valence-electron chi connectivity index (χ4n) is 2.08. The van der Waals surface area contributed by atoms with Crippen LogP contribution in [0.25, 0.3) is 0 Å². The lowest BCUT2D eigenvalue weighted by molar-refractivity contribution is 0.171. The number of fused-ring (bicyclic) bond motifs is 1. The third kappa shape index (κ3) is 2.17. The number of hydrogen-bond acceptors (Lipinski definition) is 3. The molecule has 1 N–H and O–H groups in total. The summed E-state index contributed by atoms with van der Waals surface area (Å²) in [5, 5.41) is 10.2. The van der Waals surface area contributed by atoms with Crippen molar-refractivity contribution in [3.05, 3.63) is 59.7 Å². The van der Waals surface area contributed by atoms with Crippen LogP contribution < -0.4 is 9.47 Å². The highest BCUT2D eigenvalue weighted by Crippen LogP contribution is 2.34. The molecule has 1 aliphatic heterocycles. The van der Waals surface area contributed by atoms with Crippen LogP contribution in [0.5, 0.6) is 11.5 Å². The average molecular weight is 242 g/mol. The quantitative estimate of drug-likeness (QED) is 0.899. The van der Waals surface area contributed by atoms with Gasteiger partial charge in [0.05, 0.1) is 6.10 Å². The van der Waals surface area contributed by atoms with E-state index in [-0.39, 0.29) is 6.79 Å². The Hall–Kier alpha value is -2.00. The number of rotatable bonds is 3. The Morgan fingerprint density at radius 2 is 1.78 bits per heavy atom. The van der Waals surface area contributed by atoms with E-state index in [0.29, 0.717) is 12.2 Å². The number of benzene rings is 2. The minimum Gasteiger partial charge on any atom is -0.454 e. The van der Waals surface area contributed by atoms with Crippen LogP contribution in [-0.2, 0) is 6.42 Å². The number of ether oxygens (including phenoxy) is 2. The average Bonchev–Trinajstić information content (AvgIpc) is 2.87. The van der Waals surface area contributed by atoms with E-state index in [0.717, 1.165) is 16.9 Å². The van der Waals surface area contributed by atoms with Gasteiger partial charge in [-0.05, 0) is 23.3 Å². The molecule has 2 aromatic carbocycles. The monoisotopic (exact) mass is 242 g/mol. The summed E-state index contributed by atoms with van der Waals surface area (Å²) in [6.07, 6.45) is 0.0717. The van der Waals surface area contributed by atoms with Gasteiger partial charge in [-0.1, -0.05) is 36.4 Å². The zero-order chi connectivity index (χ0) is 12.4. The van der Waals surface area contributed by atoms with Gasteiger partial charge >= 0.3 is 0 Å². The van der Waals surface area contributed by atoms with Crippen LogP contribution >= 0.6 is 0 Å². The molecule has 0 bridgehead atoms. The highest BCUT2D eigenvalue weighted by molar-refractivity contribution is 5.45. The second kappa shape index (κ2) is 4.70. The van der Waals surface area contributed by atoms with Gasteiger partial charge in [0.15, 0.2) is 11.5 Å². The summed E-state index contributed by atoms with van der Waals surface area (Å²) < 4.78 is 10.6. The van der Waals surface area contributed by atoms with Crippen molar-refractivity contribution >= 4 is 0 Å². The molecule has 0 saturated carbocycles. The zero-order valence-electron chi connectivity index (χ0n) is 9.87. The number of aliphatic hydroxyl groups excluding tert-OH is 1. The summed E-state index contributed by atoms with van der Waals surface area (Å²) in [6, 6.07) is 15.5. The van der Waals surface area contributed by atoms with E-state index < -0.39 is 6.10 Å². The maximum absolute atomic E-state index is 10.2. The Kier molecular flexibility index (Phi) is 2.90. The summed E-state index contributed by atoms with van der Waals surface area (Å²) >= 11 is 0. The summed E-state index contributed by atoms with van der Waals surface area (Å²) in [4.78, 5) is 0. The highest BCUT2D eigenvalue weighted by Gasteiger charge is 2.16. The molecule has 0 amide bonds. The van der Waals surface area contributed by atoms with Crippen LogP contribution in [-0.4, -0.2) is 11.9 Å². The van der Waals surface area contributed by atoms with Gasteiger partial charge < -0.3 is 14.6 Å². The van der Waals surface area contributed by atoms with Crippen molar-refractivity contribution in [2.45, 2.75) is 12.5 Å². The highest BCUT2D eigenvalue weighted by atomic mass is 16.7. The molecule has 1 atom stereocenters. The molecule has 0 saturated heterocycles. The fraction of sp³-hybridized carbons (Fsp3) is 0.200. The van der Waals surface area contributed by atoms with Crippen molar-refractivity contribution in [3.63, 3.8) is 0 Å². The van der Waals surface area contributed by atoms with Crippen molar-refractivity contribution in [1.29, 1.82) is 0 Å². The SMILES string of the molecule is OC(Cc1ccccc1)c1ccc2c(c1)OCO2. The van der Waals surface area contributed by atoms with Crippen molar-refractivity contribution in [2.75, 3.05) is 6.79 Å². The topological polar surface area (TPSA) is 38.7 Å². The van der Waals surface area contributed by atoms with Gasteiger partial charge in [0, 0.05) is 6.42 Å². The van der Waals surface area contributed by atoms with E-state index in [1.54, 1.807) is 0 Å². The second-order valence-corrected chi connectivity index (χ2v) is 4.32. The molecule has 0 aromatic heterocycles.